The van der Waals surface area contributed by atoms with E-state index in [0.29, 0.717) is 17.4 Å². The number of hydrogen-bond acceptors (Lipinski definition) is 10. The van der Waals surface area contributed by atoms with Crippen LogP contribution in [0.25, 0.3) is 0 Å². The van der Waals surface area contributed by atoms with Crippen molar-refractivity contribution in [2.75, 3.05) is 23.8 Å². The zero-order valence-corrected chi connectivity index (χ0v) is 22.9. The van der Waals surface area contributed by atoms with Gasteiger partial charge >= 0.3 is 0 Å². The van der Waals surface area contributed by atoms with Crippen molar-refractivity contribution in [1.29, 1.82) is 0 Å². The fourth-order valence-electron chi connectivity index (χ4n) is 3.87. The number of nitrogens with one attached hydrogen (secondary N) is 3. The third-order valence-electron chi connectivity index (χ3n) is 5.74. The zero-order valence-electron chi connectivity index (χ0n) is 22.1. The van der Waals surface area contributed by atoms with Crippen LogP contribution in [0.4, 0.5) is 22.0 Å². The van der Waals surface area contributed by atoms with Gasteiger partial charge in [-0.05, 0) is 32.9 Å². The molecule has 1 atom stereocenters. The number of rotatable bonds is 10. The second-order valence-corrected chi connectivity index (χ2v) is 9.72. The maximum Gasteiger partial charge on any atom is 0.240 e. The Morgan fingerprint density at radius 3 is 2.55 bits per heavy atom. The molecule has 0 radical (unpaired) electrons. The minimum Gasteiger partial charge on any atom is -0.474 e. The quantitative estimate of drug-likeness (QED) is 0.222. The van der Waals surface area contributed by atoms with Crippen LogP contribution in [0.15, 0.2) is 54.7 Å². The Kier molecular flexibility index (Phi) is 8.58. The van der Waals surface area contributed by atoms with Crippen LogP contribution in [0.3, 0.4) is 0 Å². The number of hydrogen-bond donors (Lipinski definition) is 3. The Morgan fingerprint density at radius 1 is 1.07 bits per heavy atom. The average molecular weight is 570 g/mol. The molecule has 210 valence electrons. The van der Waals surface area contributed by atoms with Crippen LogP contribution >= 0.6 is 11.6 Å². The van der Waals surface area contributed by atoms with E-state index in [1.807, 2.05) is 51.1 Å². The number of nitrogens with zero attached hydrogens (tertiary/aromatic N) is 4. The maximum absolute atomic E-state index is 13.4. The zero-order chi connectivity index (χ0) is 28.1. The Morgan fingerprint density at radius 2 is 1.85 bits per heavy atom. The molecule has 4 aromatic rings. The summed E-state index contributed by atoms with van der Waals surface area (Å²) in [5, 5.41) is 13.4. The summed E-state index contributed by atoms with van der Waals surface area (Å²) in [6.07, 6.45) is 0.154. The van der Waals surface area contributed by atoms with Gasteiger partial charge in [-0.2, -0.15) is 9.97 Å². The van der Waals surface area contributed by atoms with Crippen LogP contribution in [0.1, 0.15) is 44.4 Å². The highest BCUT2D eigenvalue weighted by atomic mass is 35.5. The molecule has 0 aliphatic carbocycles. The van der Waals surface area contributed by atoms with Gasteiger partial charge in [0, 0.05) is 11.6 Å². The lowest BCUT2D eigenvalue weighted by Gasteiger charge is -2.30. The van der Waals surface area contributed by atoms with Gasteiger partial charge in [-0.25, -0.2) is 4.39 Å². The Bertz CT molecular complexity index is 1400. The number of pyridine rings is 1. The summed E-state index contributed by atoms with van der Waals surface area (Å²) in [6.45, 7) is 6.18. The van der Waals surface area contributed by atoms with E-state index >= 15 is 0 Å². The van der Waals surface area contributed by atoms with Gasteiger partial charge in [-0.15, -0.1) is 5.10 Å². The highest BCUT2D eigenvalue weighted by Crippen LogP contribution is 2.35. The van der Waals surface area contributed by atoms with Crippen molar-refractivity contribution in [2.24, 2.45) is 0 Å². The second-order valence-electron chi connectivity index (χ2n) is 9.34. The van der Waals surface area contributed by atoms with Crippen molar-refractivity contribution < 1.29 is 23.3 Å². The summed E-state index contributed by atoms with van der Waals surface area (Å²) >= 11 is 6.70. The Balaban J connectivity index is 1.35. The van der Waals surface area contributed by atoms with Gasteiger partial charge in [0.15, 0.2) is 12.1 Å². The van der Waals surface area contributed by atoms with Crippen LogP contribution in [0, 0.1) is 5.82 Å². The fraction of sp³-hybridized carbons (Fsp3) is 0.333. The minimum absolute atomic E-state index is 0.0439. The van der Waals surface area contributed by atoms with Crippen molar-refractivity contribution >= 4 is 29.2 Å². The molecule has 4 heterocycles. The van der Waals surface area contributed by atoms with E-state index in [4.69, 9.17) is 30.5 Å². The highest BCUT2D eigenvalue weighted by Gasteiger charge is 2.27. The molecule has 3 N–H and O–H groups in total. The van der Waals surface area contributed by atoms with Crippen LogP contribution < -0.4 is 20.1 Å². The monoisotopic (exact) mass is 569 g/mol. The van der Waals surface area contributed by atoms with Gasteiger partial charge in [0.1, 0.15) is 22.8 Å². The SMILES string of the molecule is CC(C)Oc1cc(Nc2nc(N[C@@H](C)c3ccc(F)cn3)nc(OC3COC(c4ccccc4)OC3)c2Cl)[nH]n1. The lowest BCUT2D eigenvalue weighted by molar-refractivity contribution is -0.216. The molecule has 11 nitrogen and oxygen atoms in total. The molecule has 1 saturated heterocycles. The van der Waals surface area contributed by atoms with Gasteiger partial charge in [0.25, 0.3) is 0 Å². The van der Waals surface area contributed by atoms with E-state index in [-0.39, 0.29) is 48.0 Å². The largest absolute Gasteiger partial charge is 0.474 e. The first kappa shape index (κ1) is 27.6. The third kappa shape index (κ3) is 6.95. The molecule has 1 aromatic carbocycles. The molecule has 3 aromatic heterocycles. The van der Waals surface area contributed by atoms with Gasteiger partial charge in [-0.3, -0.25) is 10.1 Å². The summed E-state index contributed by atoms with van der Waals surface area (Å²) in [4.78, 5) is 13.2. The van der Waals surface area contributed by atoms with Crippen molar-refractivity contribution in [1.82, 2.24) is 25.1 Å². The van der Waals surface area contributed by atoms with Crippen molar-refractivity contribution in [3.05, 3.63) is 76.8 Å². The van der Waals surface area contributed by atoms with Crippen LogP contribution in [-0.2, 0) is 9.47 Å². The standard InChI is InChI=1S/C27H29ClFN7O4/c1-15(2)39-22-11-21(35-36-22)32-24-23(28)25(34-27(33-24)31-16(3)20-10-9-18(29)12-30-20)40-19-13-37-26(38-14-19)17-7-5-4-6-8-17/h4-12,15-16,19,26H,13-14H2,1-3H3,(H3,31,32,33,34,35,36)/t16-,19?,26?/m0/s1. The van der Waals surface area contributed by atoms with E-state index in [1.54, 1.807) is 12.1 Å². The molecule has 1 aliphatic rings. The molecular formula is C27H29ClFN7O4. The van der Waals surface area contributed by atoms with E-state index < -0.39 is 18.2 Å². The number of aromatic amines is 1. The summed E-state index contributed by atoms with van der Waals surface area (Å²) in [7, 11) is 0. The predicted octanol–water partition coefficient (Wildman–Crippen LogP) is 5.58. The summed E-state index contributed by atoms with van der Waals surface area (Å²) < 4.78 is 36.9. The van der Waals surface area contributed by atoms with Gasteiger partial charge < -0.3 is 29.6 Å². The molecule has 0 amide bonds. The van der Waals surface area contributed by atoms with E-state index in [9.17, 15) is 4.39 Å². The molecule has 40 heavy (non-hydrogen) atoms. The first-order valence-electron chi connectivity index (χ1n) is 12.7. The molecule has 0 bridgehead atoms. The molecule has 0 saturated carbocycles. The van der Waals surface area contributed by atoms with E-state index in [1.165, 1.54) is 6.07 Å². The van der Waals surface area contributed by atoms with E-state index in [2.05, 4.69) is 35.8 Å². The lowest BCUT2D eigenvalue weighted by atomic mass is 10.2. The summed E-state index contributed by atoms with van der Waals surface area (Å²) in [5.74, 6) is 1.07. The number of benzene rings is 1. The third-order valence-corrected chi connectivity index (χ3v) is 6.08. The Labute approximate surface area is 235 Å². The smallest absolute Gasteiger partial charge is 0.240 e. The molecule has 0 spiro atoms. The first-order chi connectivity index (χ1) is 19.3. The molecule has 5 rings (SSSR count). The number of H-pyrrole nitrogens is 1. The minimum atomic E-state index is -0.483. The molecule has 1 aliphatic heterocycles. The summed E-state index contributed by atoms with van der Waals surface area (Å²) in [6, 6.07) is 13.9. The predicted molar refractivity (Wildman–Crippen MR) is 146 cm³/mol. The van der Waals surface area contributed by atoms with Crippen molar-refractivity contribution in [3.63, 3.8) is 0 Å². The second kappa shape index (κ2) is 12.5. The lowest BCUT2D eigenvalue weighted by Crippen LogP contribution is -2.36. The number of ether oxygens (including phenoxy) is 4. The highest BCUT2D eigenvalue weighted by molar-refractivity contribution is 6.34. The summed E-state index contributed by atoms with van der Waals surface area (Å²) in [5.41, 5.74) is 1.52. The Hall–Kier alpha value is -4.00. The van der Waals surface area contributed by atoms with Crippen molar-refractivity contribution in [3.8, 4) is 11.8 Å². The molecular weight excluding hydrogens is 541 g/mol. The normalized spacial score (nSPS) is 17.9. The number of halogens is 2. The molecule has 13 heteroatoms. The number of anilines is 3. The van der Waals surface area contributed by atoms with Crippen LogP contribution in [-0.4, -0.2) is 50.6 Å². The van der Waals surface area contributed by atoms with E-state index in [0.717, 1.165) is 11.8 Å². The molecule has 1 fully saturated rings. The fourth-order valence-corrected chi connectivity index (χ4v) is 4.05. The maximum atomic E-state index is 13.4. The van der Waals surface area contributed by atoms with Gasteiger partial charge in [0.2, 0.25) is 17.7 Å². The van der Waals surface area contributed by atoms with Gasteiger partial charge in [0.05, 0.1) is 37.3 Å². The van der Waals surface area contributed by atoms with Crippen LogP contribution in [0.2, 0.25) is 5.02 Å². The first-order valence-corrected chi connectivity index (χ1v) is 13.1. The average Bonchev–Trinajstić information content (AvgIpc) is 3.38. The van der Waals surface area contributed by atoms with Crippen LogP contribution in [0.5, 0.6) is 11.8 Å². The number of aromatic nitrogens is 5. The van der Waals surface area contributed by atoms with Crippen molar-refractivity contribution in [2.45, 2.75) is 45.3 Å². The van der Waals surface area contributed by atoms with Gasteiger partial charge in [-0.1, -0.05) is 41.9 Å². The molecule has 0 unspecified atom stereocenters. The topological polar surface area (TPSA) is 128 Å².